The summed E-state index contributed by atoms with van der Waals surface area (Å²) < 4.78 is 6.05. The SMILES string of the molecule is COc1ccccc1N(CCC#N)C(=O)Cn1cc([N+](=O)[O-])cc(C#N)c1=O. The third-order valence-electron chi connectivity index (χ3n) is 3.83. The summed E-state index contributed by atoms with van der Waals surface area (Å²) in [4.78, 5) is 36.7. The van der Waals surface area contributed by atoms with Crippen molar-refractivity contribution in [2.24, 2.45) is 0 Å². The molecule has 10 heteroatoms. The average molecular weight is 381 g/mol. The van der Waals surface area contributed by atoms with Crippen molar-refractivity contribution < 1.29 is 14.5 Å². The Kier molecular flexibility index (Phi) is 6.44. The van der Waals surface area contributed by atoms with Crippen molar-refractivity contribution >= 4 is 17.3 Å². The van der Waals surface area contributed by atoms with Gasteiger partial charge in [-0.05, 0) is 12.1 Å². The Balaban J connectivity index is 2.46. The number of aromatic nitrogens is 1. The van der Waals surface area contributed by atoms with Crippen LogP contribution < -0.4 is 15.2 Å². The highest BCUT2D eigenvalue weighted by Crippen LogP contribution is 2.28. The zero-order valence-electron chi connectivity index (χ0n) is 14.9. The number of ether oxygens (including phenoxy) is 1. The number of anilines is 1. The van der Waals surface area contributed by atoms with Gasteiger partial charge in [0.25, 0.3) is 11.2 Å². The van der Waals surface area contributed by atoms with Crippen LogP contribution in [0.3, 0.4) is 0 Å². The van der Waals surface area contributed by atoms with E-state index >= 15 is 0 Å². The summed E-state index contributed by atoms with van der Waals surface area (Å²) in [5, 5.41) is 28.9. The second-order valence-corrected chi connectivity index (χ2v) is 5.54. The number of hydrogen-bond donors (Lipinski definition) is 0. The number of rotatable bonds is 7. The van der Waals surface area contributed by atoms with Gasteiger partial charge in [-0.1, -0.05) is 12.1 Å². The Morgan fingerprint density at radius 2 is 2.07 bits per heavy atom. The highest BCUT2D eigenvalue weighted by atomic mass is 16.6. The molecule has 0 saturated carbocycles. The van der Waals surface area contributed by atoms with Crippen LogP contribution in [0.1, 0.15) is 12.0 Å². The monoisotopic (exact) mass is 381 g/mol. The maximum Gasteiger partial charge on any atom is 0.287 e. The molecule has 0 radical (unpaired) electrons. The third kappa shape index (κ3) is 4.31. The Morgan fingerprint density at radius 1 is 1.36 bits per heavy atom. The van der Waals surface area contributed by atoms with Crippen LogP contribution in [0, 0.1) is 32.8 Å². The van der Waals surface area contributed by atoms with Crippen molar-refractivity contribution in [3.8, 4) is 17.9 Å². The van der Waals surface area contributed by atoms with Crippen LogP contribution in [0.25, 0.3) is 0 Å². The molecule has 2 aromatic rings. The lowest BCUT2D eigenvalue weighted by Crippen LogP contribution is -2.37. The Bertz CT molecular complexity index is 1050. The summed E-state index contributed by atoms with van der Waals surface area (Å²) in [6, 6.07) is 11.0. The van der Waals surface area contributed by atoms with Crippen molar-refractivity contribution in [1.29, 1.82) is 10.5 Å². The smallest absolute Gasteiger partial charge is 0.287 e. The van der Waals surface area contributed by atoms with E-state index < -0.39 is 34.2 Å². The van der Waals surface area contributed by atoms with Crippen molar-refractivity contribution in [3.05, 3.63) is 62.6 Å². The van der Waals surface area contributed by atoms with E-state index in [2.05, 4.69) is 0 Å². The molecule has 142 valence electrons. The van der Waals surface area contributed by atoms with Crippen LogP contribution in [0.2, 0.25) is 0 Å². The predicted octanol–water partition coefficient (Wildman–Crippen LogP) is 1.58. The van der Waals surface area contributed by atoms with Gasteiger partial charge in [-0.25, -0.2) is 0 Å². The van der Waals surface area contributed by atoms with Gasteiger partial charge in [0, 0.05) is 12.6 Å². The van der Waals surface area contributed by atoms with E-state index in [1.165, 1.54) is 12.0 Å². The number of pyridine rings is 1. The quantitative estimate of drug-likeness (QED) is 0.523. The molecule has 0 aliphatic rings. The summed E-state index contributed by atoms with van der Waals surface area (Å²) in [6.07, 6.45) is 0.933. The number of carbonyl (C=O) groups is 1. The van der Waals surface area contributed by atoms with Crippen LogP contribution >= 0.6 is 0 Å². The molecular weight excluding hydrogens is 366 g/mol. The molecule has 0 atom stereocenters. The van der Waals surface area contributed by atoms with Crippen molar-refractivity contribution in [3.63, 3.8) is 0 Å². The minimum atomic E-state index is -0.818. The van der Waals surface area contributed by atoms with Crippen LogP contribution in [0.5, 0.6) is 5.75 Å². The Labute approximate surface area is 159 Å². The molecule has 0 fully saturated rings. The second kappa shape index (κ2) is 8.96. The molecule has 2 rings (SSSR count). The predicted molar refractivity (Wildman–Crippen MR) is 97.6 cm³/mol. The first-order valence-electron chi connectivity index (χ1n) is 8.02. The average Bonchev–Trinajstić information content (AvgIpc) is 2.69. The minimum Gasteiger partial charge on any atom is -0.495 e. The molecule has 1 heterocycles. The van der Waals surface area contributed by atoms with E-state index in [0.29, 0.717) is 11.4 Å². The first-order valence-corrected chi connectivity index (χ1v) is 8.02. The van der Waals surface area contributed by atoms with Gasteiger partial charge in [0.1, 0.15) is 23.9 Å². The molecular formula is C18H15N5O5. The molecule has 1 amide bonds. The number of nitrogens with zero attached hydrogens (tertiary/aromatic N) is 5. The number of para-hydroxylation sites is 2. The van der Waals surface area contributed by atoms with Gasteiger partial charge in [0.05, 0.1) is 36.4 Å². The minimum absolute atomic E-state index is 0.0249. The number of carbonyl (C=O) groups excluding carboxylic acids is 1. The number of methoxy groups -OCH3 is 1. The highest BCUT2D eigenvalue weighted by Gasteiger charge is 2.22. The molecule has 1 aromatic heterocycles. The molecule has 0 N–H and O–H groups in total. The van der Waals surface area contributed by atoms with E-state index in [4.69, 9.17) is 15.3 Å². The van der Waals surface area contributed by atoms with Crippen LogP contribution in [0.15, 0.2) is 41.3 Å². The topological polar surface area (TPSA) is 142 Å². The maximum absolute atomic E-state index is 12.9. The van der Waals surface area contributed by atoms with Gasteiger partial charge in [-0.3, -0.25) is 24.3 Å². The highest BCUT2D eigenvalue weighted by molar-refractivity contribution is 5.94. The Morgan fingerprint density at radius 3 is 2.68 bits per heavy atom. The van der Waals surface area contributed by atoms with Gasteiger partial charge >= 0.3 is 0 Å². The van der Waals surface area contributed by atoms with Crippen molar-refractivity contribution in [2.75, 3.05) is 18.6 Å². The number of amides is 1. The van der Waals surface area contributed by atoms with E-state index in [1.54, 1.807) is 30.3 Å². The summed E-state index contributed by atoms with van der Waals surface area (Å²) in [7, 11) is 1.43. The summed E-state index contributed by atoms with van der Waals surface area (Å²) in [5.41, 5.74) is -1.35. The van der Waals surface area contributed by atoms with Gasteiger partial charge in [-0.15, -0.1) is 0 Å². The van der Waals surface area contributed by atoms with E-state index in [-0.39, 0.29) is 13.0 Å². The maximum atomic E-state index is 12.9. The van der Waals surface area contributed by atoms with Crippen molar-refractivity contribution in [1.82, 2.24) is 4.57 Å². The lowest BCUT2D eigenvalue weighted by Gasteiger charge is -2.24. The molecule has 0 saturated heterocycles. The van der Waals surface area contributed by atoms with Crippen LogP contribution in [-0.4, -0.2) is 29.1 Å². The van der Waals surface area contributed by atoms with Gasteiger partial charge in [0.2, 0.25) is 5.91 Å². The number of nitro groups is 1. The molecule has 0 bridgehead atoms. The van der Waals surface area contributed by atoms with Crippen LogP contribution in [0.4, 0.5) is 11.4 Å². The molecule has 0 aliphatic carbocycles. The van der Waals surface area contributed by atoms with Crippen molar-refractivity contribution in [2.45, 2.75) is 13.0 Å². The lowest BCUT2D eigenvalue weighted by atomic mass is 10.2. The molecule has 28 heavy (non-hydrogen) atoms. The number of nitriles is 2. The molecule has 1 aromatic carbocycles. The van der Waals surface area contributed by atoms with Gasteiger partial charge < -0.3 is 9.64 Å². The Hall–Kier alpha value is -4.18. The zero-order chi connectivity index (χ0) is 20.7. The van der Waals surface area contributed by atoms with Crippen LogP contribution in [-0.2, 0) is 11.3 Å². The van der Waals surface area contributed by atoms with Gasteiger partial charge in [0.15, 0.2) is 0 Å². The first kappa shape index (κ1) is 20.1. The lowest BCUT2D eigenvalue weighted by molar-refractivity contribution is -0.385. The summed E-state index contributed by atoms with van der Waals surface area (Å²) in [5.74, 6) is -0.205. The third-order valence-corrected chi connectivity index (χ3v) is 3.83. The zero-order valence-corrected chi connectivity index (χ0v) is 14.9. The fraction of sp³-hybridized carbons (Fsp3) is 0.222. The normalized spacial score (nSPS) is 9.82. The van der Waals surface area contributed by atoms with E-state index in [9.17, 15) is 19.7 Å². The summed E-state index contributed by atoms with van der Waals surface area (Å²) in [6.45, 7) is -0.511. The molecule has 0 spiro atoms. The number of benzene rings is 1. The molecule has 0 unspecified atom stereocenters. The number of hydrogen-bond acceptors (Lipinski definition) is 7. The summed E-state index contributed by atoms with van der Waals surface area (Å²) >= 11 is 0. The van der Waals surface area contributed by atoms with E-state index in [0.717, 1.165) is 16.8 Å². The van der Waals surface area contributed by atoms with E-state index in [1.807, 2.05) is 6.07 Å². The largest absolute Gasteiger partial charge is 0.495 e. The fourth-order valence-electron chi connectivity index (χ4n) is 2.54. The second-order valence-electron chi connectivity index (χ2n) is 5.54. The standard InChI is InChI=1S/C18H15N5O5/c1-28-16-6-3-2-5-15(16)22(8-4-7-19)17(24)12-21-11-14(23(26)27)9-13(10-20)18(21)25/h2-3,5-6,9,11H,4,8,12H2,1H3. The fourth-order valence-corrected chi connectivity index (χ4v) is 2.54. The molecule has 10 nitrogen and oxygen atoms in total. The molecule has 0 aliphatic heterocycles. The van der Waals surface area contributed by atoms with Gasteiger partial charge in [-0.2, -0.15) is 10.5 Å². The first-order chi connectivity index (χ1) is 13.4.